The van der Waals surface area contributed by atoms with Crippen molar-refractivity contribution >= 4 is 15.7 Å². The fourth-order valence-corrected chi connectivity index (χ4v) is 1.70. The Morgan fingerprint density at radius 1 is 1.42 bits per heavy atom. The Labute approximate surface area is 102 Å². The highest BCUT2D eigenvalue weighted by molar-refractivity contribution is 7.89. The molecule has 0 saturated carbocycles. The molecule has 1 aromatic heterocycles. The number of pyridine rings is 1. The molecule has 0 saturated heterocycles. The molecule has 0 radical (unpaired) electrons. The summed E-state index contributed by atoms with van der Waals surface area (Å²) in [6.07, 6.45) is -5.18. The molecule has 1 aromatic rings. The fourth-order valence-electron chi connectivity index (χ4n) is 1.08. The van der Waals surface area contributed by atoms with Crippen molar-refractivity contribution in [3.05, 3.63) is 26.7 Å². The number of rotatable bonds is 3. The molecule has 0 fully saturated rings. The van der Waals surface area contributed by atoms with E-state index in [0.29, 0.717) is 0 Å². The Morgan fingerprint density at radius 3 is 2.32 bits per heavy atom. The van der Waals surface area contributed by atoms with Crippen LogP contribution in [0, 0.1) is 10.1 Å². The summed E-state index contributed by atoms with van der Waals surface area (Å²) in [6.45, 7) is 0. The number of halogens is 3. The van der Waals surface area contributed by atoms with Gasteiger partial charge in [0.05, 0.1) is 4.92 Å². The number of alkyl halides is 3. The largest absolute Gasteiger partial charge is 0.573 e. The van der Waals surface area contributed by atoms with Crippen LogP contribution < -0.4 is 15.4 Å². The van der Waals surface area contributed by atoms with Crippen molar-refractivity contribution < 1.29 is 31.2 Å². The van der Waals surface area contributed by atoms with Crippen molar-refractivity contribution in [3.8, 4) is 5.75 Å². The van der Waals surface area contributed by atoms with E-state index in [2.05, 4.69) is 9.88 Å². The highest BCUT2D eigenvalue weighted by atomic mass is 32.2. The van der Waals surface area contributed by atoms with Crippen LogP contribution >= 0.6 is 0 Å². The van der Waals surface area contributed by atoms with E-state index in [9.17, 15) is 36.5 Å². The van der Waals surface area contributed by atoms with Crippen molar-refractivity contribution in [1.29, 1.82) is 0 Å². The lowest BCUT2D eigenvalue weighted by Crippen LogP contribution is -2.25. The summed E-state index contributed by atoms with van der Waals surface area (Å²) in [5.74, 6) is -1.79. The first-order valence-electron chi connectivity index (χ1n) is 4.12. The molecule has 13 heteroatoms. The maximum Gasteiger partial charge on any atom is 0.573 e. The van der Waals surface area contributed by atoms with Crippen LogP contribution in [-0.2, 0) is 10.0 Å². The van der Waals surface area contributed by atoms with Gasteiger partial charge < -0.3 is 9.72 Å². The summed E-state index contributed by atoms with van der Waals surface area (Å²) in [5.41, 5.74) is -3.29. The number of hydrogen-bond acceptors (Lipinski definition) is 6. The van der Waals surface area contributed by atoms with Gasteiger partial charge in [-0.05, 0) is 0 Å². The third kappa shape index (κ3) is 3.41. The van der Waals surface area contributed by atoms with Crippen molar-refractivity contribution in [2.45, 2.75) is 11.3 Å². The Bertz CT molecular complexity index is 678. The van der Waals surface area contributed by atoms with Crippen LogP contribution in [0.3, 0.4) is 0 Å². The Hall–Kier alpha value is -2.15. The molecule has 3 N–H and O–H groups in total. The lowest BCUT2D eigenvalue weighted by Gasteiger charge is -2.11. The predicted molar refractivity (Wildman–Crippen MR) is 51.8 cm³/mol. The van der Waals surface area contributed by atoms with E-state index < -0.39 is 43.2 Å². The molecule has 19 heavy (non-hydrogen) atoms. The van der Waals surface area contributed by atoms with Gasteiger partial charge in [0.2, 0.25) is 15.8 Å². The van der Waals surface area contributed by atoms with Gasteiger partial charge in [-0.25, -0.2) is 13.6 Å². The van der Waals surface area contributed by atoms with E-state index in [4.69, 9.17) is 0 Å². The molecule has 0 spiro atoms. The molecular weight excluding hydrogens is 299 g/mol. The van der Waals surface area contributed by atoms with Crippen LogP contribution in [0.5, 0.6) is 5.75 Å². The molecular formula is C6H4F3N3O6S. The number of nitrogens with zero attached hydrogens (tertiary/aromatic N) is 1. The van der Waals surface area contributed by atoms with Crippen molar-refractivity contribution in [3.63, 3.8) is 0 Å². The van der Waals surface area contributed by atoms with Crippen LogP contribution in [0.2, 0.25) is 0 Å². The zero-order chi connectivity index (χ0) is 15.0. The minimum Gasteiger partial charge on any atom is -0.397 e. The topological polar surface area (TPSA) is 145 Å². The number of aromatic nitrogens is 1. The number of nitrogens with one attached hydrogen (secondary N) is 1. The number of nitrogens with two attached hydrogens (primary N) is 1. The summed E-state index contributed by atoms with van der Waals surface area (Å²) < 4.78 is 61.5. The van der Waals surface area contributed by atoms with E-state index in [0.717, 1.165) is 0 Å². The highest BCUT2D eigenvalue weighted by Crippen LogP contribution is 2.34. The minimum absolute atomic E-state index is 0.270. The molecule has 0 aromatic carbocycles. The Morgan fingerprint density at radius 2 is 1.95 bits per heavy atom. The first-order valence-corrected chi connectivity index (χ1v) is 5.66. The first-order chi connectivity index (χ1) is 8.43. The lowest BCUT2D eigenvalue weighted by atomic mass is 10.4. The Kier molecular flexibility index (Phi) is 3.54. The number of aromatic amines is 1. The second-order valence-electron chi connectivity index (χ2n) is 3.01. The van der Waals surface area contributed by atoms with Crippen molar-refractivity contribution in [2.75, 3.05) is 0 Å². The number of sulfonamides is 1. The van der Waals surface area contributed by atoms with Gasteiger partial charge in [0.15, 0.2) is 0 Å². The molecule has 0 bridgehead atoms. The molecule has 0 atom stereocenters. The third-order valence-corrected chi connectivity index (χ3v) is 2.61. The van der Waals surface area contributed by atoms with Gasteiger partial charge in [-0.1, -0.05) is 0 Å². The van der Waals surface area contributed by atoms with Crippen molar-refractivity contribution in [1.82, 2.24) is 4.98 Å². The molecule has 1 heterocycles. The highest BCUT2D eigenvalue weighted by Gasteiger charge is 2.39. The molecule has 0 aliphatic rings. The van der Waals surface area contributed by atoms with Gasteiger partial charge in [-0.15, -0.1) is 13.2 Å². The quantitative estimate of drug-likeness (QED) is 0.585. The lowest BCUT2D eigenvalue weighted by molar-refractivity contribution is -0.390. The van der Waals surface area contributed by atoms with Crippen LogP contribution in [0.15, 0.2) is 15.9 Å². The monoisotopic (exact) mass is 303 g/mol. The van der Waals surface area contributed by atoms with Gasteiger partial charge >= 0.3 is 17.6 Å². The maximum absolute atomic E-state index is 12.1. The van der Waals surface area contributed by atoms with Crippen LogP contribution in [0.1, 0.15) is 0 Å². The average Bonchev–Trinajstić information content (AvgIpc) is 2.11. The molecule has 1 rings (SSSR count). The van der Waals surface area contributed by atoms with Crippen LogP contribution in [-0.4, -0.2) is 24.7 Å². The van der Waals surface area contributed by atoms with Crippen molar-refractivity contribution in [2.24, 2.45) is 5.14 Å². The normalized spacial score (nSPS) is 12.2. The molecule has 0 aliphatic carbocycles. The molecule has 106 valence electrons. The van der Waals surface area contributed by atoms with Crippen LogP contribution in [0.4, 0.5) is 18.9 Å². The van der Waals surface area contributed by atoms with Gasteiger partial charge in [-0.2, -0.15) is 0 Å². The molecule has 0 unspecified atom stereocenters. The first kappa shape index (κ1) is 14.9. The number of primary sulfonamides is 1. The van der Waals surface area contributed by atoms with E-state index in [1.807, 2.05) is 0 Å². The average molecular weight is 303 g/mol. The smallest absolute Gasteiger partial charge is 0.397 e. The van der Waals surface area contributed by atoms with E-state index in [1.165, 1.54) is 0 Å². The van der Waals surface area contributed by atoms with Gasteiger partial charge in [-0.3, -0.25) is 14.9 Å². The summed E-state index contributed by atoms with van der Waals surface area (Å²) >= 11 is 0. The summed E-state index contributed by atoms with van der Waals surface area (Å²) in [6, 6.07) is 0. The molecule has 0 amide bonds. The summed E-state index contributed by atoms with van der Waals surface area (Å²) in [4.78, 5) is 20.3. The minimum atomic E-state index is -5.45. The maximum atomic E-state index is 12.1. The number of ether oxygens (including phenoxy) is 1. The van der Waals surface area contributed by atoms with Crippen LogP contribution in [0.25, 0.3) is 0 Å². The zero-order valence-electron chi connectivity index (χ0n) is 8.59. The second kappa shape index (κ2) is 4.51. The standard InChI is InChI=1S/C6H4F3N3O6S/c7-6(8,9)18-4-2(19(10,16)17)1-11-5(13)3(4)12(14)15/h1H,(H,11,13)(H2,10,16,17). The second-order valence-corrected chi connectivity index (χ2v) is 4.54. The fraction of sp³-hybridized carbons (Fsp3) is 0.167. The molecule has 9 nitrogen and oxygen atoms in total. The van der Waals surface area contributed by atoms with E-state index in [1.54, 1.807) is 4.98 Å². The van der Waals surface area contributed by atoms with Gasteiger partial charge in [0, 0.05) is 6.20 Å². The number of hydrogen-bond donors (Lipinski definition) is 2. The van der Waals surface area contributed by atoms with Gasteiger partial charge in [0.25, 0.3) is 0 Å². The third-order valence-electron chi connectivity index (χ3n) is 1.70. The molecule has 0 aliphatic heterocycles. The van der Waals surface area contributed by atoms with Gasteiger partial charge in [0.1, 0.15) is 4.90 Å². The van der Waals surface area contributed by atoms with E-state index >= 15 is 0 Å². The number of nitro groups is 1. The summed E-state index contributed by atoms with van der Waals surface area (Å²) in [7, 11) is -4.78. The summed E-state index contributed by atoms with van der Waals surface area (Å²) in [5, 5.41) is 15.1. The predicted octanol–water partition coefficient (Wildman–Crippen LogP) is -0.171. The number of H-pyrrole nitrogens is 1. The SMILES string of the molecule is NS(=O)(=O)c1c[nH]c(=O)c([N+](=O)[O-])c1OC(F)(F)F. The van der Waals surface area contributed by atoms with E-state index in [-0.39, 0.29) is 6.20 Å². The Balaban J connectivity index is 3.74. The zero-order valence-corrected chi connectivity index (χ0v) is 9.41.